The maximum Gasteiger partial charge on any atom is 0.227 e. The number of nitrogens with zero attached hydrogens (tertiary/aromatic N) is 3. The molecule has 0 aliphatic rings. The summed E-state index contributed by atoms with van der Waals surface area (Å²) in [6, 6.07) is 62.0. The Bertz CT molecular complexity index is 3450. The molecule has 6 heteroatoms. The van der Waals surface area contributed by atoms with Crippen LogP contribution in [0.2, 0.25) is 0 Å². The van der Waals surface area contributed by atoms with Crippen molar-refractivity contribution in [3.8, 4) is 17.1 Å². The second kappa shape index (κ2) is 11.7. The summed E-state index contributed by atoms with van der Waals surface area (Å²) < 4.78 is 18.0. The Morgan fingerprint density at radius 3 is 2.13 bits per heavy atom. The van der Waals surface area contributed by atoms with Crippen molar-refractivity contribution in [1.29, 1.82) is 0 Å². The first-order chi connectivity index (χ1) is 27.3. The molecule has 0 aliphatic carbocycles. The first kappa shape index (κ1) is 30.3. The van der Waals surface area contributed by atoms with Crippen molar-refractivity contribution in [2.75, 3.05) is 4.90 Å². The van der Waals surface area contributed by atoms with Gasteiger partial charge in [0.25, 0.3) is 0 Å². The van der Waals surface area contributed by atoms with E-state index >= 15 is 0 Å². The fourth-order valence-corrected chi connectivity index (χ4v) is 9.64. The zero-order valence-corrected chi connectivity index (χ0v) is 30.1. The molecule has 0 fully saturated rings. The summed E-state index contributed by atoms with van der Waals surface area (Å²) in [5, 5.41) is 6.80. The van der Waals surface area contributed by atoms with Crippen LogP contribution in [0, 0.1) is 0 Å². The average molecular weight is 724 g/mol. The van der Waals surface area contributed by atoms with Gasteiger partial charge in [-0.1, -0.05) is 91.0 Å². The van der Waals surface area contributed by atoms with Crippen LogP contribution in [0.25, 0.3) is 92.2 Å². The summed E-state index contributed by atoms with van der Waals surface area (Å²) in [7, 11) is 0. The number of fused-ring (bicyclic) bond motifs is 11. The van der Waals surface area contributed by atoms with E-state index in [0.717, 1.165) is 72.4 Å². The van der Waals surface area contributed by atoms with Gasteiger partial charge in [-0.05, 0) is 78.9 Å². The number of hydrogen-bond acceptors (Lipinski definition) is 5. The summed E-state index contributed by atoms with van der Waals surface area (Å²) in [5.74, 6) is 0.597. The van der Waals surface area contributed by atoms with Crippen molar-refractivity contribution in [3.63, 3.8) is 0 Å². The number of para-hydroxylation sites is 2. The molecule has 12 aromatic rings. The molecule has 0 atom stereocenters. The minimum atomic E-state index is 0.597. The molecule has 0 bridgehead atoms. The van der Waals surface area contributed by atoms with Gasteiger partial charge in [0.05, 0.1) is 32.5 Å². The lowest BCUT2D eigenvalue weighted by atomic mass is 10.1. The third-order valence-corrected chi connectivity index (χ3v) is 12.0. The molecule has 0 unspecified atom stereocenters. The zero-order valence-electron chi connectivity index (χ0n) is 29.3. The van der Waals surface area contributed by atoms with E-state index in [-0.39, 0.29) is 0 Å². The maximum atomic E-state index is 6.68. The summed E-state index contributed by atoms with van der Waals surface area (Å²) in [5.41, 5.74) is 10.7. The molecule has 5 nitrogen and oxygen atoms in total. The largest absolute Gasteiger partial charge is 0.456 e. The molecule has 0 N–H and O–H groups in total. The molecule has 4 aromatic heterocycles. The van der Waals surface area contributed by atoms with Gasteiger partial charge in [0.1, 0.15) is 16.7 Å². The van der Waals surface area contributed by atoms with Gasteiger partial charge in [0, 0.05) is 54.6 Å². The van der Waals surface area contributed by atoms with Gasteiger partial charge in [-0.15, -0.1) is 11.3 Å². The van der Waals surface area contributed by atoms with E-state index in [1.807, 2.05) is 53.8 Å². The SMILES string of the molecule is c1ccc(-c2nc3ccc4oc5cc(N(c6cccc7c6sc6ccccc67)c6cccc7c6c6ccccc6n7-c6ccccc6)ccc5c4c3o2)cc1. The molecule has 0 aliphatic heterocycles. The van der Waals surface area contributed by atoms with Crippen LogP contribution in [0.1, 0.15) is 0 Å². The lowest BCUT2D eigenvalue weighted by Gasteiger charge is -2.27. The molecule has 0 radical (unpaired) electrons. The van der Waals surface area contributed by atoms with E-state index in [9.17, 15) is 0 Å². The molecule has 0 amide bonds. The van der Waals surface area contributed by atoms with Crippen LogP contribution < -0.4 is 4.90 Å². The van der Waals surface area contributed by atoms with Gasteiger partial charge in [-0.25, -0.2) is 4.98 Å². The monoisotopic (exact) mass is 723 g/mol. The van der Waals surface area contributed by atoms with Crippen LogP contribution >= 0.6 is 11.3 Å². The molecule has 4 heterocycles. The predicted molar refractivity (Wildman–Crippen MR) is 229 cm³/mol. The van der Waals surface area contributed by atoms with Gasteiger partial charge < -0.3 is 18.3 Å². The zero-order chi connectivity index (χ0) is 36.0. The highest BCUT2D eigenvalue weighted by Gasteiger charge is 2.25. The van der Waals surface area contributed by atoms with Crippen LogP contribution in [0.4, 0.5) is 17.1 Å². The summed E-state index contributed by atoms with van der Waals surface area (Å²) in [6.07, 6.45) is 0. The molecule has 0 spiro atoms. The molecule has 0 saturated heterocycles. The third-order valence-electron chi connectivity index (χ3n) is 10.8. The lowest BCUT2D eigenvalue weighted by molar-refractivity contribution is 0.622. The van der Waals surface area contributed by atoms with E-state index in [0.29, 0.717) is 5.89 Å². The molecule has 8 aromatic carbocycles. The quantitative estimate of drug-likeness (QED) is 0.177. The fraction of sp³-hybridized carbons (Fsp3) is 0. The van der Waals surface area contributed by atoms with Gasteiger partial charge >= 0.3 is 0 Å². The number of hydrogen-bond donors (Lipinski definition) is 0. The minimum Gasteiger partial charge on any atom is -0.456 e. The second-order valence-corrected chi connectivity index (χ2v) is 15.0. The van der Waals surface area contributed by atoms with E-state index in [4.69, 9.17) is 13.8 Å². The average Bonchev–Trinajstić information content (AvgIpc) is 4.02. The van der Waals surface area contributed by atoms with Gasteiger partial charge in [-0.3, -0.25) is 0 Å². The highest BCUT2D eigenvalue weighted by atomic mass is 32.1. The number of thiophene rings is 1. The van der Waals surface area contributed by atoms with Crippen LogP contribution in [0.15, 0.2) is 185 Å². The van der Waals surface area contributed by atoms with Crippen LogP contribution in [0.3, 0.4) is 0 Å². The Morgan fingerprint density at radius 1 is 0.509 bits per heavy atom. The first-order valence-electron chi connectivity index (χ1n) is 18.4. The van der Waals surface area contributed by atoms with Crippen molar-refractivity contribution in [2.24, 2.45) is 0 Å². The standard InChI is InChI=1S/C49H29N3O2S/c1-3-13-30(14-4-1)49-50-37-27-28-42-46(47(37)54-49)36-26-25-32(29-43(36)53-42)52(41-23-11-19-34-33-17-8-10-24-44(33)55-48(34)41)40-22-12-21-39-45(40)35-18-7-9-20-38(35)51(39)31-15-5-2-6-16-31/h1-29H. The van der Waals surface area contributed by atoms with Crippen molar-refractivity contribution < 1.29 is 8.83 Å². The van der Waals surface area contributed by atoms with Crippen molar-refractivity contribution in [1.82, 2.24) is 9.55 Å². The third kappa shape index (κ3) is 4.49. The number of furan rings is 1. The van der Waals surface area contributed by atoms with Crippen LogP contribution in [0.5, 0.6) is 0 Å². The second-order valence-electron chi connectivity index (χ2n) is 13.9. The summed E-state index contributed by atoms with van der Waals surface area (Å²) in [4.78, 5) is 7.27. The van der Waals surface area contributed by atoms with E-state index in [2.05, 4.69) is 143 Å². The number of anilines is 3. The molecule has 0 saturated carbocycles. The summed E-state index contributed by atoms with van der Waals surface area (Å²) >= 11 is 1.84. The Labute approximate surface area is 318 Å². The topological polar surface area (TPSA) is 47.3 Å². The van der Waals surface area contributed by atoms with Gasteiger partial charge in [0.2, 0.25) is 5.89 Å². The fourth-order valence-electron chi connectivity index (χ4n) is 8.44. The summed E-state index contributed by atoms with van der Waals surface area (Å²) in [6.45, 7) is 0. The number of aromatic nitrogens is 2. The van der Waals surface area contributed by atoms with E-state index < -0.39 is 0 Å². The molecule has 258 valence electrons. The van der Waals surface area contributed by atoms with Gasteiger partial charge in [0.15, 0.2) is 5.58 Å². The number of benzene rings is 8. The van der Waals surface area contributed by atoms with Crippen molar-refractivity contribution in [2.45, 2.75) is 0 Å². The van der Waals surface area contributed by atoms with Crippen LogP contribution in [-0.4, -0.2) is 9.55 Å². The minimum absolute atomic E-state index is 0.597. The Kier molecular flexibility index (Phi) is 6.44. The number of rotatable bonds is 5. The smallest absolute Gasteiger partial charge is 0.227 e. The maximum absolute atomic E-state index is 6.68. The lowest BCUT2D eigenvalue weighted by Crippen LogP contribution is -2.10. The molecular formula is C49H29N3O2S. The van der Waals surface area contributed by atoms with E-state index in [1.165, 1.54) is 30.9 Å². The first-order valence-corrected chi connectivity index (χ1v) is 19.2. The van der Waals surface area contributed by atoms with Crippen molar-refractivity contribution >= 4 is 103 Å². The highest BCUT2D eigenvalue weighted by molar-refractivity contribution is 7.26. The Morgan fingerprint density at radius 2 is 1.24 bits per heavy atom. The number of oxazole rings is 1. The Hall–Kier alpha value is -7.15. The van der Waals surface area contributed by atoms with Crippen molar-refractivity contribution in [3.05, 3.63) is 176 Å². The molecule has 55 heavy (non-hydrogen) atoms. The van der Waals surface area contributed by atoms with E-state index in [1.54, 1.807) is 0 Å². The highest BCUT2D eigenvalue weighted by Crippen LogP contribution is 2.49. The normalized spacial score (nSPS) is 12.0. The molecular weight excluding hydrogens is 695 g/mol. The van der Waals surface area contributed by atoms with Crippen LogP contribution in [-0.2, 0) is 0 Å². The van der Waals surface area contributed by atoms with Gasteiger partial charge in [-0.2, -0.15) is 0 Å². The molecule has 12 rings (SSSR count). The Balaban J connectivity index is 1.14. The predicted octanol–water partition coefficient (Wildman–Crippen LogP) is 14.3.